The summed E-state index contributed by atoms with van der Waals surface area (Å²) < 4.78 is 5.37. The van der Waals surface area contributed by atoms with E-state index >= 15 is 0 Å². The monoisotopic (exact) mass is 435 g/mol. The van der Waals surface area contributed by atoms with Crippen molar-refractivity contribution >= 4 is 23.5 Å². The summed E-state index contributed by atoms with van der Waals surface area (Å²) >= 11 is 5.86. The van der Waals surface area contributed by atoms with Crippen molar-refractivity contribution in [3.8, 4) is 0 Å². The third-order valence-electron chi connectivity index (χ3n) is 6.19. The molecule has 30 heavy (non-hydrogen) atoms. The minimum absolute atomic E-state index is 0.134. The molecule has 2 saturated heterocycles. The van der Waals surface area contributed by atoms with Gasteiger partial charge < -0.3 is 20.3 Å². The second-order valence-electron chi connectivity index (χ2n) is 8.39. The Hall–Kier alpha value is -1.79. The SMILES string of the molecule is O=C(NCCCCC1CCN(C(=O)C2CCOCC2)CC1)NCc1ccc(Cl)cc1. The number of piperidine rings is 1. The molecule has 6 nitrogen and oxygen atoms in total. The Morgan fingerprint density at radius 3 is 2.40 bits per heavy atom. The lowest BCUT2D eigenvalue weighted by molar-refractivity contribution is -0.140. The van der Waals surface area contributed by atoms with Gasteiger partial charge in [0.15, 0.2) is 0 Å². The van der Waals surface area contributed by atoms with Gasteiger partial charge in [0.05, 0.1) is 0 Å². The Kier molecular flexibility index (Phi) is 9.27. The summed E-state index contributed by atoms with van der Waals surface area (Å²) in [6.45, 7) is 4.42. The molecule has 0 radical (unpaired) electrons. The maximum absolute atomic E-state index is 12.6. The van der Waals surface area contributed by atoms with E-state index in [4.69, 9.17) is 16.3 Å². The molecule has 2 N–H and O–H groups in total. The number of unbranched alkanes of at least 4 members (excludes halogenated alkanes) is 1. The molecule has 2 fully saturated rings. The van der Waals surface area contributed by atoms with Gasteiger partial charge in [0.2, 0.25) is 5.91 Å². The van der Waals surface area contributed by atoms with Crippen molar-refractivity contribution in [1.29, 1.82) is 0 Å². The summed E-state index contributed by atoms with van der Waals surface area (Å²) in [6.07, 6.45) is 7.21. The van der Waals surface area contributed by atoms with Crippen LogP contribution in [0, 0.1) is 11.8 Å². The fraction of sp³-hybridized carbons (Fsp3) is 0.652. The number of carbonyl (C=O) groups is 2. The summed E-state index contributed by atoms with van der Waals surface area (Å²) in [7, 11) is 0. The van der Waals surface area contributed by atoms with Gasteiger partial charge >= 0.3 is 6.03 Å². The highest BCUT2D eigenvalue weighted by molar-refractivity contribution is 6.30. The second-order valence-corrected chi connectivity index (χ2v) is 8.82. The summed E-state index contributed by atoms with van der Waals surface area (Å²) in [5.74, 6) is 1.21. The van der Waals surface area contributed by atoms with Crippen LogP contribution in [0.3, 0.4) is 0 Å². The zero-order chi connectivity index (χ0) is 21.2. The van der Waals surface area contributed by atoms with Crippen LogP contribution in [0.2, 0.25) is 5.02 Å². The number of hydrogen-bond donors (Lipinski definition) is 2. The first-order valence-corrected chi connectivity index (χ1v) is 11.6. The summed E-state index contributed by atoms with van der Waals surface area (Å²) in [5, 5.41) is 6.48. The molecule has 1 aromatic rings. The van der Waals surface area contributed by atoms with Gasteiger partial charge in [0.1, 0.15) is 0 Å². The third-order valence-corrected chi connectivity index (χ3v) is 6.44. The van der Waals surface area contributed by atoms with E-state index in [1.165, 1.54) is 6.42 Å². The summed E-state index contributed by atoms with van der Waals surface area (Å²) in [6, 6.07) is 7.32. The summed E-state index contributed by atoms with van der Waals surface area (Å²) in [4.78, 5) is 26.6. The van der Waals surface area contributed by atoms with E-state index in [9.17, 15) is 9.59 Å². The first-order valence-electron chi connectivity index (χ1n) is 11.2. The minimum atomic E-state index is -0.134. The predicted octanol–water partition coefficient (Wildman–Crippen LogP) is 3.97. The van der Waals surface area contributed by atoms with E-state index in [-0.39, 0.29) is 11.9 Å². The number of rotatable bonds is 8. The fourth-order valence-corrected chi connectivity index (χ4v) is 4.38. The van der Waals surface area contributed by atoms with Gasteiger partial charge in [-0.2, -0.15) is 0 Å². The van der Waals surface area contributed by atoms with E-state index in [1.54, 1.807) is 0 Å². The Bertz CT molecular complexity index is 669. The van der Waals surface area contributed by atoms with E-state index in [1.807, 2.05) is 24.3 Å². The zero-order valence-corrected chi connectivity index (χ0v) is 18.5. The van der Waals surface area contributed by atoms with Crippen molar-refractivity contribution in [2.24, 2.45) is 11.8 Å². The Morgan fingerprint density at radius 2 is 1.70 bits per heavy atom. The van der Waals surface area contributed by atoms with Gasteiger partial charge in [0.25, 0.3) is 0 Å². The minimum Gasteiger partial charge on any atom is -0.381 e. The van der Waals surface area contributed by atoms with E-state index < -0.39 is 0 Å². The van der Waals surface area contributed by atoms with Crippen LogP contribution in [0.1, 0.15) is 50.5 Å². The second kappa shape index (κ2) is 12.2. The number of hydrogen-bond acceptors (Lipinski definition) is 3. The number of benzene rings is 1. The van der Waals surface area contributed by atoms with Crippen molar-refractivity contribution in [3.63, 3.8) is 0 Å². The number of nitrogens with one attached hydrogen (secondary N) is 2. The Morgan fingerprint density at radius 1 is 1.00 bits per heavy atom. The fourth-order valence-electron chi connectivity index (χ4n) is 4.25. The lowest BCUT2D eigenvalue weighted by atomic mass is 9.90. The molecular weight excluding hydrogens is 402 g/mol. The zero-order valence-electron chi connectivity index (χ0n) is 17.7. The predicted molar refractivity (Wildman–Crippen MR) is 118 cm³/mol. The summed E-state index contributed by atoms with van der Waals surface area (Å²) in [5.41, 5.74) is 1.02. The van der Waals surface area contributed by atoms with Crippen LogP contribution in [0.15, 0.2) is 24.3 Å². The first-order chi connectivity index (χ1) is 14.6. The molecule has 0 bridgehead atoms. The number of halogens is 1. The third kappa shape index (κ3) is 7.47. The first kappa shape index (κ1) is 22.9. The molecule has 0 aromatic heterocycles. The van der Waals surface area contributed by atoms with E-state index in [0.717, 1.165) is 70.4 Å². The maximum atomic E-state index is 12.6. The lowest BCUT2D eigenvalue weighted by Gasteiger charge is -2.35. The van der Waals surface area contributed by atoms with Gasteiger partial charge in [-0.1, -0.05) is 36.6 Å². The molecule has 2 aliphatic heterocycles. The number of amides is 3. The van der Waals surface area contributed by atoms with Gasteiger partial charge in [0, 0.05) is 50.3 Å². The molecule has 0 saturated carbocycles. The molecular formula is C23H34ClN3O3. The maximum Gasteiger partial charge on any atom is 0.315 e. The highest BCUT2D eigenvalue weighted by Gasteiger charge is 2.29. The van der Waals surface area contributed by atoms with Crippen molar-refractivity contribution in [1.82, 2.24) is 15.5 Å². The number of ether oxygens (including phenoxy) is 1. The van der Waals surface area contributed by atoms with Crippen LogP contribution in [-0.4, -0.2) is 49.7 Å². The van der Waals surface area contributed by atoms with Crippen molar-refractivity contribution in [2.75, 3.05) is 32.8 Å². The van der Waals surface area contributed by atoms with Crippen molar-refractivity contribution in [3.05, 3.63) is 34.9 Å². The molecule has 166 valence electrons. The Labute approximate surface area is 184 Å². The average molecular weight is 436 g/mol. The van der Waals surface area contributed by atoms with Gasteiger partial charge in [-0.3, -0.25) is 4.79 Å². The molecule has 2 aliphatic rings. The van der Waals surface area contributed by atoms with Crippen LogP contribution in [-0.2, 0) is 16.1 Å². The van der Waals surface area contributed by atoms with Crippen LogP contribution >= 0.6 is 11.6 Å². The number of urea groups is 1. The van der Waals surface area contributed by atoms with Crippen molar-refractivity contribution in [2.45, 2.75) is 51.5 Å². The van der Waals surface area contributed by atoms with Gasteiger partial charge in [-0.15, -0.1) is 0 Å². The topological polar surface area (TPSA) is 70.7 Å². The van der Waals surface area contributed by atoms with Crippen molar-refractivity contribution < 1.29 is 14.3 Å². The molecule has 7 heteroatoms. The molecule has 2 heterocycles. The molecule has 3 rings (SSSR count). The normalized spacial score (nSPS) is 18.2. The van der Waals surface area contributed by atoms with E-state index in [2.05, 4.69) is 15.5 Å². The standard InChI is InChI=1S/C23H34ClN3O3/c24-21-6-4-19(5-7-21)17-26-23(29)25-12-2-1-3-18-8-13-27(14-9-18)22(28)20-10-15-30-16-11-20/h4-7,18,20H,1-3,8-17H2,(H2,25,26,29). The molecule has 0 spiro atoms. The van der Waals surface area contributed by atoms with Crippen LogP contribution in [0.4, 0.5) is 4.79 Å². The molecule has 0 unspecified atom stereocenters. The highest BCUT2D eigenvalue weighted by Crippen LogP contribution is 2.25. The highest BCUT2D eigenvalue weighted by atomic mass is 35.5. The average Bonchev–Trinajstić information content (AvgIpc) is 2.79. The van der Waals surface area contributed by atoms with E-state index in [0.29, 0.717) is 29.9 Å². The van der Waals surface area contributed by atoms with Crippen LogP contribution in [0.5, 0.6) is 0 Å². The molecule has 0 atom stereocenters. The molecule has 3 amide bonds. The molecule has 1 aromatic carbocycles. The lowest BCUT2D eigenvalue weighted by Crippen LogP contribution is -2.43. The van der Waals surface area contributed by atoms with Crippen LogP contribution in [0.25, 0.3) is 0 Å². The quantitative estimate of drug-likeness (QED) is 0.607. The van der Waals surface area contributed by atoms with Gasteiger partial charge in [-0.25, -0.2) is 4.79 Å². The van der Waals surface area contributed by atoms with Gasteiger partial charge in [-0.05, 0) is 55.7 Å². The molecule has 0 aliphatic carbocycles. The Balaban J connectivity index is 1.21. The number of carbonyl (C=O) groups excluding carboxylic acids is 2. The number of likely N-dealkylation sites (tertiary alicyclic amines) is 1. The smallest absolute Gasteiger partial charge is 0.315 e. The number of nitrogens with zero attached hydrogens (tertiary/aromatic N) is 1. The van der Waals surface area contributed by atoms with Crippen LogP contribution < -0.4 is 10.6 Å². The largest absolute Gasteiger partial charge is 0.381 e.